The number of carbonyl (C=O) groups excluding carboxylic acids is 1. The first-order chi connectivity index (χ1) is 9.63. The minimum atomic E-state index is -0.370. The van der Waals surface area contributed by atoms with Gasteiger partial charge in [0, 0.05) is 0 Å². The highest BCUT2D eigenvalue weighted by Gasteiger charge is 2.23. The zero-order valence-corrected chi connectivity index (χ0v) is 12.2. The molecule has 0 aliphatic heterocycles. The molecule has 2 atom stereocenters. The van der Waals surface area contributed by atoms with E-state index in [4.69, 9.17) is 15.2 Å². The van der Waals surface area contributed by atoms with Crippen LogP contribution in [0, 0.1) is 5.92 Å². The zero-order valence-electron chi connectivity index (χ0n) is 12.2. The van der Waals surface area contributed by atoms with E-state index in [1.54, 1.807) is 18.2 Å². The number of benzene rings is 1. The van der Waals surface area contributed by atoms with Crippen molar-refractivity contribution in [3.05, 3.63) is 23.8 Å². The molecule has 0 bridgehead atoms. The van der Waals surface area contributed by atoms with Crippen molar-refractivity contribution < 1.29 is 14.3 Å². The smallest absolute Gasteiger partial charge is 0.337 e. The second-order valence-electron chi connectivity index (χ2n) is 5.42. The summed E-state index contributed by atoms with van der Waals surface area (Å²) in [5.41, 5.74) is 6.98. The summed E-state index contributed by atoms with van der Waals surface area (Å²) < 4.78 is 10.7. The molecule has 1 fully saturated rings. The van der Waals surface area contributed by atoms with Gasteiger partial charge in [-0.3, -0.25) is 0 Å². The van der Waals surface area contributed by atoms with Crippen LogP contribution < -0.4 is 10.5 Å². The number of rotatable bonds is 4. The third-order valence-electron chi connectivity index (χ3n) is 4.04. The van der Waals surface area contributed by atoms with E-state index in [0.717, 1.165) is 18.8 Å². The lowest BCUT2D eigenvalue weighted by Gasteiger charge is -2.29. The molecule has 1 aliphatic rings. The summed E-state index contributed by atoms with van der Waals surface area (Å²) in [6.45, 7) is 2.22. The molecule has 1 aromatic carbocycles. The van der Waals surface area contributed by atoms with Crippen LogP contribution in [-0.4, -0.2) is 19.2 Å². The van der Waals surface area contributed by atoms with E-state index in [-0.39, 0.29) is 12.1 Å². The van der Waals surface area contributed by atoms with E-state index in [1.165, 1.54) is 26.4 Å². The van der Waals surface area contributed by atoms with Crippen LogP contribution in [0.15, 0.2) is 18.2 Å². The normalized spacial score (nSPS) is 22.3. The number of ether oxygens (including phenoxy) is 2. The van der Waals surface area contributed by atoms with Gasteiger partial charge in [0.1, 0.15) is 5.75 Å². The Morgan fingerprint density at radius 1 is 1.40 bits per heavy atom. The Morgan fingerprint density at radius 2 is 2.20 bits per heavy atom. The van der Waals surface area contributed by atoms with Crippen LogP contribution in [0.3, 0.4) is 0 Å². The van der Waals surface area contributed by atoms with E-state index in [9.17, 15) is 4.79 Å². The molecule has 0 heterocycles. The maximum Gasteiger partial charge on any atom is 0.337 e. The number of nitrogens with two attached hydrogens (primary N) is 1. The number of hydrogen-bond acceptors (Lipinski definition) is 4. The lowest BCUT2D eigenvalue weighted by molar-refractivity contribution is 0.0599. The Kier molecular flexibility index (Phi) is 4.88. The van der Waals surface area contributed by atoms with Gasteiger partial charge in [0.05, 0.1) is 24.5 Å². The molecule has 2 unspecified atom stereocenters. The van der Waals surface area contributed by atoms with Crippen molar-refractivity contribution in [2.24, 2.45) is 5.92 Å². The van der Waals surface area contributed by atoms with Crippen LogP contribution >= 0.6 is 0 Å². The highest BCUT2D eigenvalue weighted by atomic mass is 16.5. The topological polar surface area (TPSA) is 61.5 Å². The number of anilines is 1. The Hall–Kier alpha value is -1.71. The van der Waals surface area contributed by atoms with E-state index in [0.29, 0.717) is 17.0 Å². The monoisotopic (exact) mass is 277 g/mol. The number of hydrogen-bond donors (Lipinski definition) is 1. The number of nitrogen functional groups attached to an aromatic ring is 1. The van der Waals surface area contributed by atoms with Gasteiger partial charge in [-0.2, -0.15) is 0 Å². The number of carbonyl (C=O) groups is 1. The lowest BCUT2D eigenvalue weighted by atomic mass is 9.85. The summed E-state index contributed by atoms with van der Waals surface area (Å²) >= 11 is 0. The Balaban J connectivity index is 2.10. The highest BCUT2D eigenvalue weighted by Crippen LogP contribution is 2.32. The maximum atomic E-state index is 11.5. The molecule has 2 N–H and O–H groups in total. The summed E-state index contributed by atoms with van der Waals surface area (Å²) in [7, 11) is 1.37. The molecule has 0 amide bonds. The summed E-state index contributed by atoms with van der Waals surface area (Å²) in [6.07, 6.45) is 5.99. The molecule has 0 aromatic heterocycles. The lowest BCUT2D eigenvalue weighted by Crippen LogP contribution is -2.25. The van der Waals surface area contributed by atoms with E-state index in [2.05, 4.69) is 6.92 Å². The van der Waals surface area contributed by atoms with Gasteiger partial charge in [0.15, 0.2) is 0 Å². The molecule has 0 saturated heterocycles. The first-order valence-electron chi connectivity index (χ1n) is 7.28. The molecule has 0 spiro atoms. The van der Waals surface area contributed by atoms with Gasteiger partial charge in [-0.15, -0.1) is 0 Å². The van der Waals surface area contributed by atoms with Crippen molar-refractivity contribution in [3.8, 4) is 5.75 Å². The van der Waals surface area contributed by atoms with Gasteiger partial charge < -0.3 is 15.2 Å². The van der Waals surface area contributed by atoms with Gasteiger partial charge in [-0.25, -0.2) is 4.79 Å². The molecule has 110 valence electrons. The predicted octanol–water partition coefficient (Wildman–Crippen LogP) is 3.40. The molecule has 1 aliphatic carbocycles. The Bertz CT molecular complexity index is 473. The van der Waals surface area contributed by atoms with Crippen molar-refractivity contribution >= 4 is 11.7 Å². The van der Waals surface area contributed by atoms with Crippen LogP contribution in [-0.2, 0) is 4.74 Å². The maximum absolute atomic E-state index is 11.5. The average Bonchev–Trinajstić information content (AvgIpc) is 2.49. The molecule has 1 saturated carbocycles. The summed E-state index contributed by atoms with van der Waals surface area (Å²) in [5, 5.41) is 0. The van der Waals surface area contributed by atoms with E-state index in [1.807, 2.05) is 0 Å². The third-order valence-corrected chi connectivity index (χ3v) is 4.04. The molecular weight excluding hydrogens is 254 g/mol. The predicted molar refractivity (Wildman–Crippen MR) is 78.9 cm³/mol. The zero-order chi connectivity index (χ0) is 14.5. The minimum Gasteiger partial charge on any atom is -0.488 e. The van der Waals surface area contributed by atoms with Crippen molar-refractivity contribution in [2.45, 2.75) is 45.1 Å². The van der Waals surface area contributed by atoms with Crippen LogP contribution in [0.5, 0.6) is 5.75 Å². The standard InChI is InChI=1S/C16H23NO3/c1-3-11-5-4-6-13(9-11)20-15-10-12(16(18)19-2)7-8-14(15)17/h7-8,10-11,13H,3-6,9,17H2,1-2H3. The van der Waals surface area contributed by atoms with E-state index >= 15 is 0 Å². The average molecular weight is 277 g/mol. The molecule has 20 heavy (non-hydrogen) atoms. The van der Waals surface area contributed by atoms with Crippen molar-refractivity contribution in [2.75, 3.05) is 12.8 Å². The number of esters is 1. The molecule has 1 aromatic rings. The minimum absolute atomic E-state index is 0.198. The summed E-state index contributed by atoms with van der Waals surface area (Å²) in [4.78, 5) is 11.5. The fourth-order valence-electron chi connectivity index (χ4n) is 2.78. The third kappa shape index (κ3) is 3.44. The van der Waals surface area contributed by atoms with Gasteiger partial charge in [-0.05, 0) is 43.4 Å². The SMILES string of the molecule is CCC1CCCC(Oc2cc(C(=O)OC)ccc2N)C1. The Morgan fingerprint density at radius 3 is 2.90 bits per heavy atom. The fourth-order valence-corrected chi connectivity index (χ4v) is 2.78. The van der Waals surface area contributed by atoms with Gasteiger partial charge in [-0.1, -0.05) is 19.8 Å². The van der Waals surface area contributed by atoms with Crippen LogP contribution in [0.4, 0.5) is 5.69 Å². The van der Waals surface area contributed by atoms with Crippen LogP contribution in [0.25, 0.3) is 0 Å². The van der Waals surface area contributed by atoms with Crippen molar-refractivity contribution in [3.63, 3.8) is 0 Å². The molecule has 4 heteroatoms. The first-order valence-corrected chi connectivity index (χ1v) is 7.28. The van der Waals surface area contributed by atoms with Crippen molar-refractivity contribution in [1.29, 1.82) is 0 Å². The molecule has 4 nitrogen and oxygen atoms in total. The van der Waals surface area contributed by atoms with Gasteiger partial charge in [0.25, 0.3) is 0 Å². The summed E-state index contributed by atoms with van der Waals surface area (Å²) in [5.74, 6) is 0.957. The van der Waals surface area contributed by atoms with E-state index < -0.39 is 0 Å². The van der Waals surface area contributed by atoms with Crippen LogP contribution in [0.1, 0.15) is 49.4 Å². The largest absolute Gasteiger partial charge is 0.488 e. The molecular formula is C16H23NO3. The van der Waals surface area contributed by atoms with Crippen molar-refractivity contribution in [1.82, 2.24) is 0 Å². The first kappa shape index (κ1) is 14.7. The Labute approximate surface area is 120 Å². The van der Waals surface area contributed by atoms with Crippen LogP contribution in [0.2, 0.25) is 0 Å². The quantitative estimate of drug-likeness (QED) is 0.676. The fraction of sp³-hybridized carbons (Fsp3) is 0.562. The molecule has 0 radical (unpaired) electrons. The van der Waals surface area contributed by atoms with Gasteiger partial charge in [0.2, 0.25) is 0 Å². The second kappa shape index (κ2) is 6.64. The van der Waals surface area contributed by atoms with Gasteiger partial charge >= 0.3 is 5.97 Å². The molecule has 2 rings (SSSR count). The second-order valence-corrected chi connectivity index (χ2v) is 5.42. The number of methoxy groups -OCH3 is 1. The summed E-state index contributed by atoms with van der Waals surface area (Å²) in [6, 6.07) is 5.03. The highest BCUT2D eigenvalue weighted by molar-refractivity contribution is 5.90.